The summed E-state index contributed by atoms with van der Waals surface area (Å²) in [6.07, 6.45) is 4.39. The minimum atomic E-state index is -1.66. The van der Waals surface area contributed by atoms with Crippen LogP contribution in [-0.2, 0) is 4.74 Å². The average Bonchev–Trinajstić information content (AvgIpc) is 2.63. The van der Waals surface area contributed by atoms with Crippen LogP contribution in [0.3, 0.4) is 0 Å². The van der Waals surface area contributed by atoms with Crippen LogP contribution in [0.2, 0.25) is 19.6 Å². The zero-order valence-electron chi connectivity index (χ0n) is 16.0. The second kappa shape index (κ2) is 6.77. The molecule has 0 heterocycles. The Labute approximate surface area is 138 Å². The first-order valence-corrected chi connectivity index (χ1v) is 12.1. The molecule has 0 aromatic carbocycles. The van der Waals surface area contributed by atoms with Gasteiger partial charge >= 0.3 is 6.09 Å². The summed E-state index contributed by atoms with van der Waals surface area (Å²) >= 11 is 0. The van der Waals surface area contributed by atoms with Crippen LogP contribution in [-0.4, -0.2) is 36.9 Å². The van der Waals surface area contributed by atoms with Crippen molar-refractivity contribution in [1.29, 1.82) is 0 Å². The monoisotopic (exact) mass is 325 g/mol. The second-order valence-electron chi connectivity index (χ2n) is 8.81. The largest absolute Gasteiger partial charge is 0.446 e. The molecule has 0 aliphatic heterocycles. The Bertz CT molecular complexity index is 425. The maximum atomic E-state index is 12.7. The number of allylic oxidation sites excluding steroid dienone is 1. The molecule has 1 aliphatic carbocycles. The molecule has 0 radical (unpaired) electrons. The van der Waals surface area contributed by atoms with E-state index in [2.05, 4.69) is 39.6 Å². The molecule has 0 N–H and O–H groups in total. The fraction of sp³-hybridized carbons (Fsp3) is 0.833. The topological polar surface area (TPSA) is 29.5 Å². The van der Waals surface area contributed by atoms with E-state index in [-0.39, 0.29) is 29.3 Å². The van der Waals surface area contributed by atoms with E-state index in [4.69, 9.17) is 4.74 Å². The highest BCUT2D eigenvalue weighted by Crippen LogP contribution is 2.43. The summed E-state index contributed by atoms with van der Waals surface area (Å²) in [5.74, 6) is 0. The van der Waals surface area contributed by atoms with Crippen LogP contribution < -0.4 is 0 Å². The predicted octanol–water partition coefficient (Wildman–Crippen LogP) is 5.23. The van der Waals surface area contributed by atoms with Crippen LogP contribution in [0.5, 0.6) is 0 Å². The predicted molar refractivity (Wildman–Crippen MR) is 96.8 cm³/mol. The van der Waals surface area contributed by atoms with Crippen LogP contribution in [0, 0.1) is 5.41 Å². The maximum absolute atomic E-state index is 12.7. The smallest absolute Gasteiger partial charge is 0.410 e. The molecule has 22 heavy (non-hydrogen) atoms. The Morgan fingerprint density at radius 3 is 2.00 bits per heavy atom. The molecule has 1 rings (SSSR count). The van der Waals surface area contributed by atoms with Gasteiger partial charge in [0.15, 0.2) is 0 Å². The van der Waals surface area contributed by atoms with Gasteiger partial charge in [-0.15, -0.1) is 0 Å². The summed E-state index contributed by atoms with van der Waals surface area (Å²) in [6, 6.07) is 0.306. The van der Waals surface area contributed by atoms with Crippen molar-refractivity contribution >= 4 is 14.2 Å². The zero-order chi connectivity index (χ0) is 17.3. The Morgan fingerprint density at radius 2 is 1.68 bits per heavy atom. The Balaban J connectivity index is 3.04. The zero-order valence-corrected chi connectivity index (χ0v) is 17.0. The first kappa shape index (κ1) is 19.3. The number of hydrogen-bond acceptors (Lipinski definition) is 2. The number of amides is 1. The molecule has 0 aromatic heterocycles. The molecule has 1 atom stereocenters. The van der Waals surface area contributed by atoms with Gasteiger partial charge in [0.25, 0.3) is 0 Å². The first-order valence-electron chi connectivity index (χ1n) is 8.57. The van der Waals surface area contributed by atoms with Gasteiger partial charge in [-0.05, 0) is 51.5 Å². The van der Waals surface area contributed by atoms with Crippen molar-refractivity contribution in [2.24, 2.45) is 5.41 Å². The minimum absolute atomic E-state index is 0.0301. The third kappa shape index (κ3) is 4.37. The van der Waals surface area contributed by atoms with Crippen molar-refractivity contribution in [2.45, 2.75) is 91.8 Å². The number of ether oxygens (including phenoxy) is 1. The molecule has 0 fully saturated rings. The SMILES string of the molecule is CC(C)N(C(=O)O[C@H](C1=CCCC1(C)C)[Si](C)(C)C)C(C)C. The van der Waals surface area contributed by atoms with E-state index in [1.165, 1.54) is 5.57 Å². The molecule has 4 heteroatoms. The molecule has 0 saturated heterocycles. The van der Waals surface area contributed by atoms with Crippen LogP contribution >= 0.6 is 0 Å². The van der Waals surface area contributed by atoms with E-state index in [0.717, 1.165) is 12.8 Å². The summed E-state index contributed by atoms with van der Waals surface area (Å²) in [7, 11) is -1.66. The summed E-state index contributed by atoms with van der Waals surface area (Å²) in [5.41, 5.74) is 1.45. The maximum Gasteiger partial charge on any atom is 0.410 e. The standard InChI is InChI=1S/C18H35NO2Si/c1-13(2)19(14(3)4)17(20)21-16(22(7,8)9)15-11-10-12-18(15,5)6/h11,13-14,16H,10,12H2,1-9H3/t16-/m0/s1. The molecule has 3 nitrogen and oxygen atoms in total. The van der Waals surface area contributed by atoms with Gasteiger partial charge in [-0.3, -0.25) is 0 Å². The van der Waals surface area contributed by atoms with Gasteiger partial charge in [0.1, 0.15) is 5.73 Å². The number of nitrogens with zero attached hydrogens (tertiary/aromatic N) is 1. The highest BCUT2D eigenvalue weighted by Gasteiger charge is 2.42. The summed E-state index contributed by atoms with van der Waals surface area (Å²) in [6.45, 7) is 19.6. The quantitative estimate of drug-likeness (QED) is 0.511. The van der Waals surface area contributed by atoms with E-state index >= 15 is 0 Å². The molecule has 128 valence electrons. The second-order valence-corrected chi connectivity index (χ2v) is 14.1. The lowest BCUT2D eigenvalue weighted by Gasteiger charge is -2.39. The first-order chi connectivity index (χ1) is 9.88. The number of hydrogen-bond donors (Lipinski definition) is 0. The minimum Gasteiger partial charge on any atom is -0.446 e. The van der Waals surface area contributed by atoms with Crippen molar-refractivity contribution in [3.63, 3.8) is 0 Å². The molecule has 0 unspecified atom stereocenters. The van der Waals surface area contributed by atoms with Crippen LogP contribution in [0.25, 0.3) is 0 Å². The normalized spacial score (nSPS) is 19.3. The Hall–Kier alpha value is -0.773. The third-order valence-electron chi connectivity index (χ3n) is 4.53. The lowest BCUT2D eigenvalue weighted by molar-refractivity contribution is 0.0703. The molecular formula is C18H35NO2Si. The van der Waals surface area contributed by atoms with Crippen molar-refractivity contribution < 1.29 is 9.53 Å². The number of carbonyl (C=O) groups excluding carboxylic acids is 1. The van der Waals surface area contributed by atoms with E-state index in [9.17, 15) is 4.79 Å². The molecule has 1 aliphatic rings. The van der Waals surface area contributed by atoms with Gasteiger partial charge < -0.3 is 9.64 Å². The lowest BCUT2D eigenvalue weighted by atomic mass is 9.86. The number of carbonyl (C=O) groups is 1. The van der Waals surface area contributed by atoms with Crippen LogP contribution in [0.4, 0.5) is 4.79 Å². The van der Waals surface area contributed by atoms with Crippen molar-refractivity contribution in [1.82, 2.24) is 4.90 Å². The van der Waals surface area contributed by atoms with E-state index in [1.54, 1.807) is 0 Å². The van der Waals surface area contributed by atoms with E-state index in [1.807, 2.05) is 32.6 Å². The summed E-state index contributed by atoms with van der Waals surface area (Å²) in [5, 5.41) is 0. The Kier molecular flexibility index (Phi) is 5.93. The molecule has 1 amide bonds. The van der Waals surface area contributed by atoms with Crippen molar-refractivity contribution in [3.05, 3.63) is 11.6 Å². The fourth-order valence-corrected chi connectivity index (χ4v) is 5.25. The van der Waals surface area contributed by atoms with Gasteiger partial charge in [0.2, 0.25) is 0 Å². The Morgan fingerprint density at radius 1 is 1.18 bits per heavy atom. The van der Waals surface area contributed by atoms with Gasteiger partial charge in [0.05, 0.1) is 8.07 Å². The lowest BCUT2D eigenvalue weighted by Crippen LogP contribution is -2.50. The van der Waals surface area contributed by atoms with Gasteiger partial charge in [-0.2, -0.15) is 0 Å². The summed E-state index contributed by atoms with van der Waals surface area (Å²) < 4.78 is 6.10. The summed E-state index contributed by atoms with van der Waals surface area (Å²) in [4.78, 5) is 14.6. The highest BCUT2D eigenvalue weighted by atomic mass is 28.3. The molecular weight excluding hydrogens is 290 g/mol. The van der Waals surface area contributed by atoms with Gasteiger partial charge in [-0.1, -0.05) is 39.6 Å². The van der Waals surface area contributed by atoms with Crippen molar-refractivity contribution in [2.75, 3.05) is 0 Å². The van der Waals surface area contributed by atoms with Crippen LogP contribution in [0.15, 0.2) is 11.6 Å². The van der Waals surface area contributed by atoms with Gasteiger partial charge in [0, 0.05) is 12.1 Å². The van der Waals surface area contributed by atoms with E-state index in [0.29, 0.717) is 0 Å². The van der Waals surface area contributed by atoms with Crippen LogP contribution in [0.1, 0.15) is 54.4 Å². The van der Waals surface area contributed by atoms with Crippen molar-refractivity contribution in [3.8, 4) is 0 Å². The molecule has 0 bridgehead atoms. The molecule has 0 saturated carbocycles. The van der Waals surface area contributed by atoms with E-state index < -0.39 is 8.07 Å². The average molecular weight is 326 g/mol. The molecule has 0 spiro atoms. The fourth-order valence-electron chi connectivity index (χ4n) is 3.36. The third-order valence-corrected chi connectivity index (χ3v) is 6.53. The van der Waals surface area contributed by atoms with Gasteiger partial charge in [-0.25, -0.2) is 4.79 Å². The molecule has 0 aromatic rings. The highest BCUT2D eigenvalue weighted by molar-refractivity contribution is 6.78. The number of rotatable bonds is 5.